The minimum absolute atomic E-state index is 0.00594. The average Bonchev–Trinajstić information content (AvgIpc) is 2.84. The van der Waals surface area contributed by atoms with Crippen molar-refractivity contribution in [3.63, 3.8) is 0 Å². The van der Waals surface area contributed by atoms with E-state index in [2.05, 4.69) is 19.2 Å². The van der Waals surface area contributed by atoms with Crippen molar-refractivity contribution in [3.8, 4) is 0 Å². The standard InChI is InChI=1S/C17H33N3O3S/c1-15(2)9-10-18-17(21)16-8-7-13-20(14-16)24(22,23)19-11-5-3-4-6-12-19/h15-16H,3-14H2,1-2H3,(H,18,21)/t16-/m1/s1. The topological polar surface area (TPSA) is 69.7 Å². The van der Waals surface area contributed by atoms with Crippen molar-refractivity contribution in [1.29, 1.82) is 0 Å². The second kappa shape index (κ2) is 9.15. The fraction of sp³-hybridized carbons (Fsp3) is 0.941. The van der Waals surface area contributed by atoms with E-state index >= 15 is 0 Å². The zero-order valence-corrected chi connectivity index (χ0v) is 16.0. The maximum atomic E-state index is 12.9. The SMILES string of the molecule is CC(C)CCNC(=O)[C@@H]1CCCN(S(=O)(=O)N2CCCCCC2)C1. The first-order valence-electron chi connectivity index (χ1n) is 9.44. The van der Waals surface area contributed by atoms with Crippen molar-refractivity contribution in [2.75, 3.05) is 32.7 Å². The van der Waals surface area contributed by atoms with Gasteiger partial charge < -0.3 is 5.32 Å². The number of hydrogen-bond acceptors (Lipinski definition) is 3. The van der Waals surface area contributed by atoms with Gasteiger partial charge in [-0.05, 0) is 38.0 Å². The Labute approximate surface area is 147 Å². The Kier molecular flexibility index (Phi) is 7.50. The highest BCUT2D eigenvalue weighted by Crippen LogP contribution is 2.23. The zero-order valence-electron chi connectivity index (χ0n) is 15.2. The molecule has 2 fully saturated rings. The molecule has 0 aromatic heterocycles. The highest BCUT2D eigenvalue weighted by atomic mass is 32.2. The first-order valence-corrected chi connectivity index (χ1v) is 10.8. The number of rotatable bonds is 6. The minimum atomic E-state index is -3.42. The Bertz CT molecular complexity index is 499. The van der Waals surface area contributed by atoms with Gasteiger partial charge in [-0.25, -0.2) is 0 Å². The summed E-state index contributed by atoms with van der Waals surface area (Å²) in [6.07, 6.45) is 6.57. The third kappa shape index (κ3) is 5.43. The van der Waals surface area contributed by atoms with Crippen LogP contribution in [-0.4, -0.2) is 55.7 Å². The van der Waals surface area contributed by atoms with Crippen LogP contribution in [0.1, 0.15) is 58.8 Å². The van der Waals surface area contributed by atoms with Gasteiger partial charge in [-0.1, -0.05) is 26.7 Å². The van der Waals surface area contributed by atoms with Gasteiger partial charge in [0.1, 0.15) is 0 Å². The van der Waals surface area contributed by atoms with Gasteiger partial charge in [0.2, 0.25) is 5.91 Å². The number of carbonyl (C=O) groups excluding carboxylic acids is 1. The lowest BCUT2D eigenvalue weighted by Crippen LogP contribution is -2.50. The van der Waals surface area contributed by atoms with Crippen LogP contribution in [0.3, 0.4) is 0 Å². The molecule has 0 radical (unpaired) electrons. The first-order chi connectivity index (χ1) is 11.4. The smallest absolute Gasteiger partial charge is 0.281 e. The molecule has 140 valence electrons. The van der Waals surface area contributed by atoms with Gasteiger partial charge in [0, 0.05) is 32.7 Å². The van der Waals surface area contributed by atoms with Crippen LogP contribution < -0.4 is 5.32 Å². The van der Waals surface area contributed by atoms with Crippen molar-refractivity contribution in [1.82, 2.24) is 13.9 Å². The maximum absolute atomic E-state index is 12.9. The molecule has 2 saturated heterocycles. The number of piperidine rings is 1. The molecule has 0 aromatic carbocycles. The van der Waals surface area contributed by atoms with Crippen molar-refractivity contribution >= 4 is 16.1 Å². The summed E-state index contributed by atoms with van der Waals surface area (Å²) in [5.74, 6) is 0.343. The second-order valence-corrected chi connectivity index (χ2v) is 9.42. The molecule has 0 unspecified atom stereocenters. The molecule has 2 aliphatic rings. The monoisotopic (exact) mass is 359 g/mol. The van der Waals surface area contributed by atoms with Gasteiger partial charge in [-0.2, -0.15) is 17.0 Å². The van der Waals surface area contributed by atoms with Crippen LogP contribution >= 0.6 is 0 Å². The number of amides is 1. The second-order valence-electron chi connectivity index (χ2n) is 7.49. The molecule has 1 amide bonds. The maximum Gasteiger partial charge on any atom is 0.281 e. The van der Waals surface area contributed by atoms with E-state index in [1.807, 2.05) is 0 Å². The lowest BCUT2D eigenvalue weighted by molar-refractivity contribution is -0.126. The fourth-order valence-corrected chi connectivity index (χ4v) is 5.20. The van der Waals surface area contributed by atoms with Crippen LogP contribution in [0, 0.1) is 11.8 Å². The van der Waals surface area contributed by atoms with Crippen LogP contribution in [0.5, 0.6) is 0 Å². The Hall–Kier alpha value is -0.660. The van der Waals surface area contributed by atoms with Gasteiger partial charge in [0.25, 0.3) is 10.2 Å². The Morgan fingerprint density at radius 3 is 2.29 bits per heavy atom. The van der Waals surface area contributed by atoms with Crippen molar-refractivity contribution in [2.24, 2.45) is 11.8 Å². The molecule has 1 N–H and O–H groups in total. The third-order valence-electron chi connectivity index (χ3n) is 4.99. The Morgan fingerprint density at radius 1 is 1.04 bits per heavy atom. The predicted octanol–water partition coefficient (Wildman–Crippen LogP) is 1.98. The summed E-state index contributed by atoms with van der Waals surface area (Å²) >= 11 is 0. The molecule has 0 spiro atoms. The zero-order chi connectivity index (χ0) is 17.6. The van der Waals surface area contributed by atoms with Crippen molar-refractivity contribution < 1.29 is 13.2 Å². The van der Waals surface area contributed by atoms with Gasteiger partial charge in [-0.15, -0.1) is 0 Å². The number of nitrogens with zero attached hydrogens (tertiary/aromatic N) is 2. The van der Waals surface area contributed by atoms with Crippen LogP contribution in [0.15, 0.2) is 0 Å². The summed E-state index contributed by atoms with van der Waals surface area (Å²) in [4.78, 5) is 12.3. The lowest BCUT2D eigenvalue weighted by Gasteiger charge is -2.34. The van der Waals surface area contributed by atoms with Crippen LogP contribution in [-0.2, 0) is 15.0 Å². The molecule has 0 saturated carbocycles. The van der Waals surface area contributed by atoms with Gasteiger partial charge >= 0.3 is 0 Å². The van der Waals surface area contributed by atoms with Crippen LogP contribution in [0.4, 0.5) is 0 Å². The van der Waals surface area contributed by atoms with Crippen molar-refractivity contribution in [3.05, 3.63) is 0 Å². The van der Waals surface area contributed by atoms with E-state index in [1.54, 1.807) is 4.31 Å². The number of nitrogens with one attached hydrogen (secondary N) is 1. The highest BCUT2D eigenvalue weighted by Gasteiger charge is 2.35. The van der Waals surface area contributed by atoms with Crippen LogP contribution in [0.25, 0.3) is 0 Å². The van der Waals surface area contributed by atoms with E-state index in [0.717, 1.165) is 44.9 Å². The molecule has 7 heteroatoms. The van der Waals surface area contributed by atoms with E-state index < -0.39 is 10.2 Å². The fourth-order valence-electron chi connectivity index (χ4n) is 3.43. The Morgan fingerprint density at radius 2 is 1.67 bits per heavy atom. The summed E-state index contributed by atoms with van der Waals surface area (Å²) in [5, 5.41) is 2.97. The first kappa shape index (κ1) is 19.7. The molecule has 0 bridgehead atoms. The summed E-state index contributed by atoms with van der Waals surface area (Å²) in [6, 6.07) is 0. The normalized spacial score (nSPS) is 24.7. The largest absolute Gasteiger partial charge is 0.356 e. The van der Waals surface area contributed by atoms with Crippen molar-refractivity contribution in [2.45, 2.75) is 58.8 Å². The van der Waals surface area contributed by atoms with Gasteiger partial charge in [0.15, 0.2) is 0 Å². The molecule has 2 rings (SSSR count). The molecule has 2 heterocycles. The average molecular weight is 360 g/mol. The number of hydrogen-bond donors (Lipinski definition) is 1. The summed E-state index contributed by atoms with van der Waals surface area (Å²) < 4.78 is 28.9. The van der Waals surface area contributed by atoms with Gasteiger partial charge in [-0.3, -0.25) is 4.79 Å². The molecule has 2 aliphatic heterocycles. The quantitative estimate of drug-likeness (QED) is 0.788. The Balaban J connectivity index is 1.92. The summed E-state index contributed by atoms with van der Waals surface area (Å²) in [6.45, 7) is 7.02. The molecular weight excluding hydrogens is 326 g/mol. The van der Waals surface area contributed by atoms with E-state index in [1.165, 1.54) is 4.31 Å². The lowest BCUT2D eigenvalue weighted by atomic mass is 9.98. The molecule has 24 heavy (non-hydrogen) atoms. The molecule has 0 aromatic rings. The molecule has 6 nitrogen and oxygen atoms in total. The summed E-state index contributed by atoms with van der Waals surface area (Å²) in [7, 11) is -3.42. The van der Waals surface area contributed by atoms with E-state index in [0.29, 0.717) is 38.6 Å². The molecule has 0 aliphatic carbocycles. The predicted molar refractivity (Wildman–Crippen MR) is 95.7 cm³/mol. The highest BCUT2D eigenvalue weighted by molar-refractivity contribution is 7.86. The third-order valence-corrected chi connectivity index (χ3v) is 7.00. The van der Waals surface area contributed by atoms with E-state index in [-0.39, 0.29) is 11.8 Å². The molecule has 1 atom stereocenters. The minimum Gasteiger partial charge on any atom is -0.356 e. The van der Waals surface area contributed by atoms with E-state index in [4.69, 9.17) is 0 Å². The van der Waals surface area contributed by atoms with E-state index in [9.17, 15) is 13.2 Å². The van der Waals surface area contributed by atoms with Crippen LogP contribution in [0.2, 0.25) is 0 Å². The molecular formula is C17H33N3O3S. The summed E-state index contributed by atoms with van der Waals surface area (Å²) in [5.41, 5.74) is 0. The number of carbonyl (C=O) groups is 1. The van der Waals surface area contributed by atoms with Gasteiger partial charge in [0.05, 0.1) is 5.92 Å².